The summed E-state index contributed by atoms with van der Waals surface area (Å²) in [6.45, 7) is 5.07. The van der Waals surface area contributed by atoms with Gasteiger partial charge in [-0.05, 0) is 38.5 Å². The molecule has 1 aliphatic carbocycles. The lowest BCUT2D eigenvalue weighted by Gasteiger charge is -2.21. The van der Waals surface area contributed by atoms with Crippen LogP contribution in [0.15, 0.2) is 4.99 Å². The summed E-state index contributed by atoms with van der Waals surface area (Å²) in [5, 5.41) is 6.62. The molecule has 0 bridgehead atoms. The Morgan fingerprint density at radius 1 is 1.05 bits per heavy atom. The number of aliphatic imine (C=N–C) groups is 1. The van der Waals surface area contributed by atoms with Gasteiger partial charge in [-0.1, -0.05) is 26.2 Å². The molecular weight excluding hydrogens is 250 g/mol. The molecule has 20 heavy (non-hydrogen) atoms. The van der Waals surface area contributed by atoms with Gasteiger partial charge in [-0.3, -0.25) is 4.99 Å². The van der Waals surface area contributed by atoms with Crippen molar-refractivity contribution in [3.8, 4) is 0 Å². The maximum atomic E-state index is 5.93. The van der Waals surface area contributed by atoms with Crippen molar-refractivity contribution in [1.82, 2.24) is 10.6 Å². The van der Waals surface area contributed by atoms with E-state index in [9.17, 15) is 0 Å². The van der Waals surface area contributed by atoms with Crippen LogP contribution in [-0.4, -0.2) is 38.8 Å². The van der Waals surface area contributed by atoms with Crippen LogP contribution in [-0.2, 0) is 4.74 Å². The number of hydrogen-bond acceptors (Lipinski definition) is 2. The third-order valence-corrected chi connectivity index (χ3v) is 3.79. The lowest BCUT2D eigenvalue weighted by atomic mass is 9.98. The minimum atomic E-state index is 0.555. The Labute approximate surface area is 124 Å². The molecule has 0 aromatic carbocycles. The number of rotatable bonds is 9. The van der Waals surface area contributed by atoms with Crippen molar-refractivity contribution in [2.75, 3.05) is 26.7 Å². The highest BCUT2D eigenvalue weighted by Crippen LogP contribution is 2.20. The van der Waals surface area contributed by atoms with Gasteiger partial charge in [0.25, 0.3) is 0 Å². The molecule has 2 N–H and O–H groups in total. The highest BCUT2D eigenvalue weighted by atomic mass is 16.5. The van der Waals surface area contributed by atoms with Crippen molar-refractivity contribution in [2.45, 2.75) is 70.8 Å². The Balaban J connectivity index is 1.88. The fraction of sp³-hybridized carbons (Fsp3) is 0.938. The first-order valence-corrected chi connectivity index (χ1v) is 8.43. The average Bonchev–Trinajstić information content (AvgIpc) is 2.50. The average molecular weight is 283 g/mol. The topological polar surface area (TPSA) is 45.7 Å². The third-order valence-electron chi connectivity index (χ3n) is 3.79. The zero-order chi connectivity index (χ0) is 14.5. The van der Waals surface area contributed by atoms with Crippen LogP contribution in [0, 0.1) is 0 Å². The monoisotopic (exact) mass is 283 g/mol. The summed E-state index contributed by atoms with van der Waals surface area (Å²) < 4.78 is 5.93. The molecule has 0 spiro atoms. The molecule has 1 aliphatic rings. The van der Waals surface area contributed by atoms with Gasteiger partial charge in [0.2, 0.25) is 0 Å². The summed E-state index contributed by atoms with van der Waals surface area (Å²) in [5.41, 5.74) is 0. The first kappa shape index (κ1) is 17.3. The van der Waals surface area contributed by atoms with Gasteiger partial charge >= 0.3 is 0 Å². The second kappa shape index (κ2) is 12.0. The lowest BCUT2D eigenvalue weighted by molar-refractivity contribution is 0.0264. The van der Waals surface area contributed by atoms with Crippen LogP contribution in [0.25, 0.3) is 0 Å². The molecule has 4 nitrogen and oxygen atoms in total. The van der Waals surface area contributed by atoms with Crippen molar-refractivity contribution in [3.05, 3.63) is 0 Å². The fourth-order valence-corrected chi connectivity index (χ4v) is 2.56. The molecule has 0 amide bonds. The van der Waals surface area contributed by atoms with E-state index in [2.05, 4.69) is 22.5 Å². The van der Waals surface area contributed by atoms with Gasteiger partial charge in [0, 0.05) is 26.7 Å². The maximum absolute atomic E-state index is 5.93. The Morgan fingerprint density at radius 2 is 1.80 bits per heavy atom. The highest BCUT2D eigenvalue weighted by Gasteiger charge is 2.12. The van der Waals surface area contributed by atoms with E-state index in [1.54, 1.807) is 0 Å². The Bertz CT molecular complexity index is 250. The molecular formula is C16H33N3O. The predicted octanol–water partition coefficient (Wildman–Crippen LogP) is 3.08. The second-order valence-electron chi connectivity index (χ2n) is 5.62. The molecule has 0 aromatic rings. The fourth-order valence-electron chi connectivity index (χ4n) is 2.56. The number of nitrogens with zero attached hydrogens (tertiary/aromatic N) is 1. The van der Waals surface area contributed by atoms with Crippen molar-refractivity contribution >= 4 is 5.96 Å². The van der Waals surface area contributed by atoms with Crippen LogP contribution < -0.4 is 10.6 Å². The van der Waals surface area contributed by atoms with Crippen LogP contribution in [0.3, 0.4) is 0 Å². The van der Waals surface area contributed by atoms with Crippen LogP contribution >= 0.6 is 0 Å². The molecule has 1 rings (SSSR count). The molecule has 0 saturated heterocycles. The normalized spacial score (nSPS) is 17.2. The lowest BCUT2D eigenvalue weighted by Crippen LogP contribution is -2.38. The van der Waals surface area contributed by atoms with Crippen molar-refractivity contribution in [1.29, 1.82) is 0 Å². The molecule has 118 valence electrons. The first-order chi connectivity index (χ1) is 9.86. The maximum Gasteiger partial charge on any atom is 0.190 e. The van der Waals surface area contributed by atoms with Gasteiger partial charge in [-0.2, -0.15) is 0 Å². The van der Waals surface area contributed by atoms with Gasteiger partial charge < -0.3 is 15.4 Å². The van der Waals surface area contributed by atoms with E-state index in [0.29, 0.717) is 6.10 Å². The summed E-state index contributed by atoms with van der Waals surface area (Å²) in [7, 11) is 1.82. The summed E-state index contributed by atoms with van der Waals surface area (Å²) in [5.74, 6) is 0.922. The van der Waals surface area contributed by atoms with E-state index in [-0.39, 0.29) is 0 Å². The Kier molecular flexibility index (Phi) is 10.4. The van der Waals surface area contributed by atoms with E-state index in [4.69, 9.17) is 4.74 Å². The molecule has 0 aromatic heterocycles. The van der Waals surface area contributed by atoms with Crippen molar-refractivity contribution in [2.24, 2.45) is 4.99 Å². The van der Waals surface area contributed by atoms with Gasteiger partial charge in [0.1, 0.15) is 0 Å². The SMILES string of the molecule is CCCNC(=NC)NCCCCCOC1CCCCC1. The molecule has 4 heteroatoms. The molecule has 0 unspecified atom stereocenters. The number of ether oxygens (including phenoxy) is 1. The van der Waals surface area contributed by atoms with Crippen molar-refractivity contribution < 1.29 is 4.74 Å². The molecule has 0 atom stereocenters. The largest absolute Gasteiger partial charge is 0.378 e. The first-order valence-electron chi connectivity index (χ1n) is 8.43. The van der Waals surface area contributed by atoms with Crippen LogP contribution in [0.5, 0.6) is 0 Å². The minimum absolute atomic E-state index is 0.555. The zero-order valence-electron chi connectivity index (χ0n) is 13.4. The van der Waals surface area contributed by atoms with Crippen LogP contribution in [0.1, 0.15) is 64.7 Å². The van der Waals surface area contributed by atoms with E-state index in [1.807, 2.05) is 7.05 Å². The number of unbranched alkanes of at least 4 members (excludes halogenated alkanes) is 2. The van der Waals surface area contributed by atoms with E-state index in [0.717, 1.165) is 32.1 Å². The van der Waals surface area contributed by atoms with E-state index >= 15 is 0 Å². The minimum Gasteiger partial charge on any atom is -0.378 e. The summed E-state index contributed by atoms with van der Waals surface area (Å²) in [4.78, 5) is 4.19. The molecule has 1 fully saturated rings. The second-order valence-corrected chi connectivity index (χ2v) is 5.62. The summed E-state index contributed by atoms with van der Waals surface area (Å²) in [6, 6.07) is 0. The predicted molar refractivity (Wildman–Crippen MR) is 86.3 cm³/mol. The molecule has 0 radical (unpaired) electrons. The van der Waals surface area contributed by atoms with Gasteiger partial charge in [-0.25, -0.2) is 0 Å². The standard InChI is InChI=1S/C16H33N3O/c1-3-12-18-16(17-2)19-13-8-5-9-14-20-15-10-6-4-7-11-15/h15H,3-14H2,1-2H3,(H2,17,18,19). The number of hydrogen-bond donors (Lipinski definition) is 2. The van der Waals surface area contributed by atoms with Crippen LogP contribution in [0.2, 0.25) is 0 Å². The summed E-state index contributed by atoms with van der Waals surface area (Å²) in [6.07, 6.45) is 11.9. The van der Waals surface area contributed by atoms with E-state index < -0.39 is 0 Å². The smallest absolute Gasteiger partial charge is 0.190 e. The molecule has 0 heterocycles. The Morgan fingerprint density at radius 3 is 2.50 bits per heavy atom. The quantitative estimate of drug-likeness (QED) is 0.388. The number of guanidine groups is 1. The van der Waals surface area contributed by atoms with Gasteiger partial charge in [0.05, 0.1) is 6.10 Å². The summed E-state index contributed by atoms with van der Waals surface area (Å²) >= 11 is 0. The highest BCUT2D eigenvalue weighted by molar-refractivity contribution is 5.79. The van der Waals surface area contributed by atoms with Crippen LogP contribution in [0.4, 0.5) is 0 Å². The molecule has 0 aliphatic heterocycles. The molecule has 1 saturated carbocycles. The Hall–Kier alpha value is -0.770. The zero-order valence-corrected chi connectivity index (χ0v) is 13.4. The van der Waals surface area contributed by atoms with Gasteiger partial charge in [0.15, 0.2) is 5.96 Å². The number of nitrogens with one attached hydrogen (secondary N) is 2. The van der Waals surface area contributed by atoms with Crippen molar-refractivity contribution in [3.63, 3.8) is 0 Å². The van der Waals surface area contributed by atoms with Gasteiger partial charge in [-0.15, -0.1) is 0 Å². The van der Waals surface area contributed by atoms with E-state index in [1.165, 1.54) is 51.4 Å². The third kappa shape index (κ3) is 8.41.